The summed E-state index contributed by atoms with van der Waals surface area (Å²) >= 11 is 0. The summed E-state index contributed by atoms with van der Waals surface area (Å²) in [6, 6.07) is 14.6. The fourth-order valence-corrected chi connectivity index (χ4v) is 2.70. The minimum atomic E-state index is -0.278. The standard InChI is InChI=1S/C18H14N4O2/c23-17(21-13-6-5-12-7-8-19-16(12)9-13)10-22-11-20-15-4-2-1-3-14(15)18(22)24/h1-9,11,19H,10H2,(H,21,23). The molecule has 0 atom stereocenters. The first kappa shape index (κ1) is 14.2. The second-order valence-electron chi connectivity index (χ2n) is 5.52. The lowest BCUT2D eigenvalue weighted by Crippen LogP contribution is -2.27. The van der Waals surface area contributed by atoms with Crippen LogP contribution in [0.25, 0.3) is 21.8 Å². The van der Waals surface area contributed by atoms with Gasteiger partial charge < -0.3 is 10.3 Å². The number of hydrogen-bond donors (Lipinski definition) is 2. The molecule has 0 unspecified atom stereocenters. The van der Waals surface area contributed by atoms with Gasteiger partial charge in [-0.15, -0.1) is 0 Å². The van der Waals surface area contributed by atoms with Crippen molar-refractivity contribution in [2.24, 2.45) is 0 Å². The number of fused-ring (bicyclic) bond motifs is 2. The zero-order valence-corrected chi connectivity index (χ0v) is 12.7. The maximum absolute atomic E-state index is 12.4. The van der Waals surface area contributed by atoms with Crippen molar-refractivity contribution in [1.82, 2.24) is 14.5 Å². The molecule has 0 radical (unpaired) electrons. The van der Waals surface area contributed by atoms with E-state index in [0.717, 1.165) is 10.9 Å². The Balaban J connectivity index is 1.57. The average molecular weight is 318 g/mol. The van der Waals surface area contributed by atoms with Gasteiger partial charge in [-0.3, -0.25) is 14.2 Å². The van der Waals surface area contributed by atoms with Crippen molar-refractivity contribution in [3.8, 4) is 0 Å². The zero-order valence-electron chi connectivity index (χ0n) is 12.7. The molecule has 4 aromatic rings. The third-order valence-electron chi connectivity index (χ3n) is 3.88. The van der Waals surface area contributed by atoms with E-state index in [0.29, 0.717) is 16.6 Å². The molecular formula is C18H14N4O2. The van der Waals surface area contributed by atoms with Crippen molar-refractivity contribution in [3.05, 3.63) is 71.4 Å². The number of amides is 1. The summed E-state index contributed by atoms with van der Waals surface area (Å²) in [5.74, 6) is -0.278. The maximum Gasteiger partial charge on any atom is 0.261 e. The highest BCUT2D eigenvalue weighted by atomic mass is 16.2. The van der Waals surface area contributed by atoms with Crippen LogP contribution in [0.4, 0.5) is 5.69 Å². The normalized spacial score (nSPS) is 11.0. The lowest BCUT2D eigenvalue weighted by Gasteiger charge is -2.08. The van der Waals surface area contributed by atoms with Crippen LogP contribution in [0, 0.1) is 0 Å². The topological polar surface area (TPSA) is 79.8 Å². The monoisotopic (exact) mass is 318 g/mol. The highest BCUT2D eigenvalue weighted by molar-refractivity contribution is 5.93. The first-order valence-corrected chi connectivity index (χ1v) is 7.52. The minimum absolute atomic E-state index is 0.0839. The lowest BCUT2D eigenvalue weighted by molar-refractivity contribution is -0.116. The van der Waals surface area contributed by atoms with Gasteiger partial charge in [0, 0.05) is 17.4 Å². The molecule has 0 fully saturated rings. The summed E-state index contributed by atoms with van der Waals surface area (Å²) in [6.45, 7) is -0.0839. The smallest absolute Gasteiger partial charge is 0.261 e. The molecule has 0 aliphatic carbocycles. The van der Waals surface area contributed by atoms with Gasteiger partial charge in [-0.05, 0) is 35.7 Å². The molecular weight excluding hydrogens is 304 g/mol. The predicted octanol–water partition coefficient (Wildman–Crippen LogP) is 2.52. The number of H-pyrrole nitrogens is 1. The summed E-state index contributed by atoms with van der Waals surface area (Å²) in [7, 11) is 0. The molecule has 1 amide bonds. The van der Waals surface area contributed by atoms with E-state index in [2.05, 4.69) is 15.3 Å². The van der Waals surface area contributed by atoms with Crippen LogP contribution in [-0.4, -0.2) is 20.4 Å². The lowest BCUT2D eigenvalue weighted by atomic mass is 10.2. The third-order valence-corrected chi connectivity index (χ3v) is 3.88. The van der Waals surface area contributed by atoms with Crippen molar-refractivity contribution in [2.75, 3.05) is 5.32 Å². The van der Waals surface area contributed by atoms with Crippen LogP contribution in [0.1, 0.15) is 0 Å². The molecule has 2 N–H and O–H groups in total. The van der Waals surface area contributed by atoms with Crippen LogP contribution in [0.15, 0.2) is 65.8 Å². The Bertz CT molecular complexity index is 1110. The number of aromatic amines is 1. The average Bonchev–Trinajstić information content (AvgIpc) is 3.05. The molecule has 24 heavy (non-hydrogen) atoms. The number of para-hydroxylation sites is 1. The van der Waals surface area contributed by atoms with E-state index in [1.807, 2.05) is 36.5 Å². The molecule has 2 heterocycles. The van der Waals surface area contributed by atoms with Gasteiger partial charge in [0.15, 0.2) is 0 Å². The van der Waals surface area contributed by atoms with Gasteiger partial charge in [-0.2, -0.15) is 0 Å². The third kappa shape index (κ3) is 2.54. The van der Waals surface area contributed by atoms with E-state index in [9.17, 15) is 9.59 Å². The molecule has 0 aliphatic rings. The van der Waals surface area contributed by atoms with E-state index in [1.165, 1.54) is 10.9 Å². The molecule has 0 aliphatic heterocycles. The number of carbonyl (C=O) groups is 1. The Hall–Kier alpha value is -3.41. The van der Waals surface area contributed by atoms with Gasteiger partial charge in [0.05, 0.1) is 17.2 Å². The molecule has 118 valence electrons. The second-order valence-corrected chi connectivity index (χ2v) is 5.52. The highest BCUT2D eigenvalue weighted by Gasteiger charge is 2.08. The Labute approximate surface area is 136 Å². The van der Waals surface area contributed by atoms with Gasteiger partial charge in [0.1, 0.15) is 6.54 Å². The summed E-state index contributed by atoms with van der Waals surface area (Å²) in [4.78, 5) is 31.9. The molecule has 4 rings (SSSR count). The Kier molecular flexibility index (Phi) is 3.35. The van der Waals surface area contributed by atoms with E-state index in [1.54, 1.807) is 18.2 Å². The van der Waals surface area contributed by atoms with Crippen molar-refractivity contribution >= 4 is 33.4 Å². The van der Waals surface area contributed by atoms with Gasteiger partial charge in [0.25, 0.3) is 5.56 Å². The number of hydrogen-bond acceptors (Lipinski definition) is 3. The predicted molar refractivity (Wildman–Crippen MR) is 92.9 cm³/mol. The van der Waals surface area contributed by atoms with Gasteiger partial charge in [0.2, 0.25) is 5.91 Å². The maximum atomic E-state index is 12.4. The van der Waals surface area contributed by atoms with Gasteiger partial charge in [-0.25, -0.2) is 4.98 Å². The summed E-state index contributed by atoms with van der Waals surface area (Å²) < 4.78 is 1.31. The number of rotatable bonds is 3. The Morgan fingerprint density at radius 2 is 2.04 bits per heavy atom. The van der Waals surface area contributed by atoms with E-state index >= 15 is 0 Å². The molecule has 0 bridgehead atoms. The van der Waals surface area contributed by atoms with Crippen LogP contribution in [0.5, 0.6) is 0 Å². The summed E-state index contributed by atoms with van der Waals surface area (Å²) in [6.07, 6.45) is 3.25. The fraction of sp³-hybridized carbons (Fsp3) is 0.0556. The Morgan fingerprint density at radius 1 is 1.17 bits per heavy atom. The van der Waals surface area contributed by atoms with Crippen LogP contribution < -0.4 is 10.9 Å². The first-order chi connectivity index (χ1) is 11.7. The number of anilines is 1. The number of aromatic nitrogens is 3. The quantitative estimate of drug-likeness (QED) is 0.609. The fourth-order valence-electron chi connectivity index (χ4n) is 2.70. The number of nitrogens with zero attached hydrogens (tertiary/aromatic N) is 2. The van der Waals surface area contributed by atoms with Crippen molar-refractivity contribution in [3.63, 3.8) is 0 Å². The van der Waals surface area contributed by atoms with Gasteiger partial charge >= 0.3 is 0 Å². The van der Waals surface area contributed by atoms with Crippen molar-refractivity contribution in [1.29, 1.82) is 0 Å². The van der Waals surface area contributed by atoms with E-state index < -0.39 is 0 Å². The van der Waals surface area contributed by atoms with Crippen LogP contribution >= 0.6 is 0 Å². The van der Waals surface area contributed by atoms with Crippen LogP contribution in [-0.2, 0) is 11.3 Å². The highest BCUT2D eigenvalue weighted by Crippen LogP contribution is 2.17. The van der Waals surface area contributed by atoms with E-state index in [-0.39, 0.29) is 18.0 Å². The van der Waals surface area contributed by atoms with Gasteiger partial charge in [-0.1, -0.05) is 18.2 Å². The first-order valence-electron chi connectivity index (χ1n) is 7.52. The molecule has 0 saturated carbocycles. The van der Waals surface area contributed by atoms with Crippen molar-refractivity contribution < 1.29 is 4.79 Å². The largest absolute Gasteiger partial charge is 0.361 e. The second kappa shape index (κ2) is 5.66. The summed E-state index contributed by atoms with van der Waals surface area (Å²) in [5.41, 5.74) is 2.01. The molecule has 6 heteroatoms. The zero-order chi connectivity index (χ0) is 16.5. The molecule has 6 nitrogen and oxygen atoms in total. The molecule has 2 aromatic carbocycles. The number of carbonyl (C=O) groups excluding carboxylic acids is 1. The van der Waals surface area contributed by atoms with Crippen molar-refractivity contribution in [2.45, 2.75) is 6.54 Å². The van der Waals surface area contributed by atoms with Crippen LogP contribution in [0.3, 0.4) is 0 Å². The number of nitrogens with one attached hydrogen (secondary N) is 2. The molecule has 2 aromatic heterocycles. The Morgan fingerprint density at radius 3 is 2.96 bits per heavy atom. The number of benzene rings is 2. The van der Waals surface area contributed by atoms with Crippen LogP contribution in [0.2, 0.25) is 0 Å². The SMILES string of the molecule is O=C(Cn1cnc2ccccc2c1=O)Nc1ccc2cc[nH]c2c1. The molecule has 0 spiro atoms. The summed E-state index contributed by atoms with van der Waals surface area (Å²) in [5, 5.41) is 4.37. The van der Waals surface area contributed by atoms with E-state index in [4.69, 9.17) is 0 Å². The minimum Gasteiger partial charge on any atom is -0.361 e. The molecule has 0 saturated heterocycles.